The highest BCUT2D eigenvalue weighted by molar-refractivity contribution is 6.30. The van der Waals surface area contributed by atoms with Gasteiger partial charge in [-0.1, -0.05) is 23.7 Å². The molecule has 27 heavy (non-hydrogen) atoms. The molecule has 1 fully saturated rings. The van der Waals surface area contributed by atoms with Crippen LogP contribution in [0, 0.1) is 5.92 Å². The number of ether oxygens (including phenoxy) is 2. The summed E-state index contributed by atoms with van der Waals surface area (Å²) in [4.78, 5) is 23.2. The zero-order chi connectivity index (χ0) is 19.4. The molecule has 0 heterocycles. The third kappa shape index (κ3) is 4.71. The molecule has 0 bridgehead atoms. The van der Waals surface area contributed by atoms with Gasteiger partial charge in [-0.2, -0.15) is 0 Å². The number of carbonyl (C=O) groups excluding carboxylic acids is 1. The molecule has 2 N–H and O–H groups in total. The fourth-order valence-corrected chi connectivity index (χ4v) is 3.00. The number of hydrogen-bond acceptors (Lipinski definition) is 4. The summed E-state index contributed by atoms with van der Waals surface area (Å²) in [5, 5.41) is 12.4. The SMILES string of the molecule is COc1cc(C(=O)NC2CC(C(=O)O)C2)ccc1OCc1ccc(Cl)cc1. The van der Waals surface area contributed by atoms with E-state index < -0.39 is 5.97 Å². The normalized spacial score (nSPS) is 18.3. The molecule has 6 nitrogen and oxygen atoms in total. The first-order valence-electron chi connectivity index (χ1n) is 8.55. The minimum absolute atomic E-state index is 0.106. The van der Waals surface area contributed by atoms with Crippen molar-refractivity contribution in [2.24, 2.45) is 5.92 Å². The smallest absolute Gasteiger partial charge is 0.306 e. The number of benzene rings is 2. The number of carbonyl (C=O) groups is 2. The predicted octanol–water partition coefficient (Wildman–Crippen LogP) is 3.52. The Bertz CT molecular complexity index is 831. The second kappa shape index (κ2) is 8.31. The number of methoxy groups -OCH3 is 1. The highest BCUT2D eigenvalue weighted by Crippen LogP contribution is 2.30. The Morgan fingerprint density at radius 1 is 1.15 bits per heavy atom. The van der Waals surface area contributed by atoms with Crippen LogP contribution in [0.2, 0.25) is 5.02 Å². The number of rotatable bonds is 7. The van der Waals surface area contributed by atoms with Crippen molar-refractivity contribution in [2.75, 3.05) is 7.11 Å². The zero-order valence-corrected chi connectivity index (χ0v) is 15.5. The number of hydrogen-bond donors (Lipinski definition) is 2. The van der Waals surface area contributed by atoms with Crippen molar-refractivity contribution in [3.8, 4) is 11.5 Å². The van der Waals surface area contributed by atoms with Gasteiger partial charge in [-0.05, 0) is 48.7 Å². The summed E-state index contributed by atoms with van der Waals surface area (Å²) in [6.07, 6.45) is 0.918. The third-order valence-corrected chi connectivity index (χ3v) is 4.81. The number of nitrogens with one attached hydrogen (secondary N) is 1. The van der Waals surface area contributed by atoms with E-state index in [4.69, 9.17) is 26.2 Å². The van der Waals surface area contributed by atoms with Gasteiger partial charge in [-0.25, -0.2) is 0 Å². The molecule has 0 unspecified atom stereocenters. The number of carboxylic acid groups (broad SMARTS) is 1. The van der Waals surface area contributed by atoms with E-state index in [9.17, 15) is 9.59 Å². The molecule has 0 atom stereocenters. The van der Waals surface area contributed by atoms with Crippen LogP contribution in [0.5, 0.6) is 11.5 Å². The quantitative estimate of drug-likeness (QED) is 0.756. The molecule has 1 aliphatic rings. The highest BCUT2D eigenvalue weighted by atomic mass is 35.5. The molecule has 1 aliphatic carbocycles. The summed E-state index contributed by atoms with van der Waals surface area (Å²) in [5.41, 5.74) is 1.39. The molecule has 3 rings (SSSR count). The lowest BCUT2D eigenvalue weighted by atomic mass is 9.80. The standard InChI is InChI=1S/C20H20ClNO5/c1-26-18-10-13(19(23)22-16-8-14(9-16)20(24)25)4-7-17(18)27-11-12-2-5-15(21)6-3-12/h2-7,10,14,16H,8-9,11H2,1H3,(H,22,23)(H,24,25). The Hall–Kier alpha value is -2.73. The molecule has 1 amide bonds. The summed E-state index contributed by atoms with van der Waals surface area (Å²) in [7, 11) is 1.51. The third-order valence-electron chi connectivity index (χ3n) is 4.56. The van der Waals surface area contributed by atoms with Gasteiger partial charge >= 0.3 is 5.97 Å². The maximum Gasteiger partial charge on any atom is 0.306 e. The molecule has 2 aromatic rings. The minimum Gasteiger partial charge on any atom is -0.493 e. The van der Waals surface area contributed by atoms with Gasteiger partial charge in [0.15, 0.2) is 11.5 Å². The van der Waals surface area contributed by atoms with Crippen LogP contribution < -0.4 is 14.8 Å². The predicted molar refractivity (Wildman–Crippen MR) is 100 cm³/mol. The average Bonchev–Trinajstić information content (AvgIpc) is 2.63. The van der Waals surface area contributed by atoms with Gasteiger partial charge < -0.3 is 19.9 Å². The fourth-order valence-electron chi connectivity index (χ4n) is 2.88. The van der Waals surface area contributed by atoms with Crippen molar-refractivity contribution >= 4 is 23.5 Å². The van der Waals surface area contributed by atoms with E-state index in [1.807, 2.05) is 12.1 Å². The Kier molecular flexibility index (Phi) is 5.86. The molecule has 1 saturated carbocycles. The Morgan fingerprint density at radius 2 is 1.85 bits per heavy atom. The first-order valence-corrected chi connectivity index (χ1v) is 8.93. The van der Waals surface area contributed by atoms with Crippen LogP contribution in [0.4, 0.5) is 0 Å². The summed E-state index contributed by atoms with van der Waals surface area (Å²) >= 11 is 5.87. The van der Waals surface area contributed by atoms with Gasteiger partial charge in [-0.15, -0.1) is 0 Å². The van der Waals surface area contributed by atoms with Crippen LogP contribution in [0.3, 0.4) is 0 Å². The molecule has 7 heteroatoms. The average molecular weight is 390 g/mol. The van der Waals surface area contributed by atoms with Crippen molar-refractivity contribution in [1.82, 2.24) is 5.32 Å². The second-order valence-corrected chi connectivity index (χ2v) is 6.89. The molecule has 2 aromatic carbocycles. The zero-order valence-electron chi connectivity index (χ0n) is 14.8. The number of aliphatic carboxylic acids is 1. The van der Waals surface area contributed by atoms with Gasteiger partial charge in [0.2, 0.25) is 0 Å². The molecule has 142 valence electrons. The minimum atomic E-state index is -0.815. The lowest BCUT2D eigenvalue weighted by Crippen LogP contribution is -2.46. The molecule has 0 aromatic heterocycles. The van der Waals surface area contributed by atoms with E-state index in [1.165, 1.54) is 7.11 Å². The Balaban J connectivity index is 1.60. The Labute approximate surface area is 162 Å². The van der Waals surface area contributed by atoms with E-state index >= 15 is 0 Å². The van der Waals surface area contributed by atoms with E-state index in [1.54, 1.807) is 30.3 Å². The topological polar surface area (TPSA) is 84.9 Å². The van der Waals surface area contributed by atoms with Crippen molar-refractivity contribution < 1.29 is 24.2 Å². The molecule has 0 aliphatic heterocycles. The number of halogens is 1. The van der Waals surface area contributed by atoms with Gasteiger partial charge in [0, 0.05) is 16.6 Å². The number of amides is 1. The van der Waals surface area contributed by atoms with Crippen LogP contribution in [-0.4, -0.2) is 30.1 Å². The van der Waals surface area contributed by atoms with Gasteiger partial charge in [0.05, 0.1) is 13.0 Å². The first-order chi connectivity index (χ1) is 13.0. The largest absolute Gasteiger partial charge is 0.493 e. The van der Waals surface area contributed by atoms with Crippen molar-refractivity contribution in [1.29, 1.82) is 0 Å². The van der Waals surface area contributed by atoms with Gasteiger partial charge in [-0.3, -0.25) is 9.59 Å². The van der Waals surface area contributed by atoms with Crippen molar-refractivity contribution in [3.63, 3.8) is 0 Å². The maximum atomic E-state index is 12.3. The van der Waals surface area contributed by atoms with E-state index in [2.05, 4.69) is 5.32 Å². The van der Waals surface area contributed by atoms with E-state index in [0.717, 1.165) is 5.56 Å². The lowest BCUT2D eigenvalue weighted by molar-refractivity contribution is -0.145. The summed E-state index contributed by atoms with van der Waals surface area (Å²) < 4.78 is 11.1. The van der Waals surface area contributed by atoms with Crippen LogP contribution >= 0.6 is 11.6 Å². The maximum absolute atomic E-state index is 12.3. The second-order valence-electron chi connectivity index (χ2n) is 6.46. The van der Waals surface area contributed by atoms with Crippen LogP contribution in [0.15, 0.2) is 42.5 Å². The fraction of sp³-hybridized carbons (Fsp3) is 0.300. The van der Waals surface area contributed by atoms with Crippen LogP contribution in [0.1, 0.15) is 28.8 Å². The Morgan fingerprint density at radius 3 is 2.48 bits per heavy atom. The van der Waals surface area contributed by atoms with E-state index in [0.29, 0.717) is 41.5 Å². The highest BCUT2D eigenvalue weighted by Gasteiger charge is 2.35. The van der Waals surface area contributed by atoms with Crippen LogP contribution in [0.25, 0.3) is 0 Å². The summed E-state index contributed by atoms with van der Waals surface area (Å²) in [6.45, 7) is 0.345. The van der Waals surface area contributed by atoms with E-state index in [-0.39, 0.29) is 17.9 Å². The van der Waals surface area contributed by atoms with Crippen molar-refractivity contribution in [2.45, 2.75) is 25.5 Å². The summed E-state index contributed by atoms with van der Waals surface area (Å²) in [5.74, 6) is -0.462. The first kappa shape index (κ1) is 19.0. The molecule has 0 saturated heterocycles. The van der Waals surface area contributed by atoms with Crippen molar-refractivity contribution in [3.05, 3.63) is 58.6 Å². The van der Waals surface area contributed by atoms with Crippen LogP contribution in [-0.2, 0) is 11.4 Å². The number of carboxylic acids is 1. The molecule has 0 spiro atoms. The molecular formula is C20H20ClNO5. The summed E-state index contributed by atoms with van der Waals surface area (Å²) in [6, 6.07) is 12.2. The lowest BCUT2D eigenvalue weighted by Gasteiger charge is -2.32. The molecular weight excluding hydrogens is 370 g/mol. The monoisotopic (exact) mass is 389 g/mol. The van der Waals surface area contributed by atoms with Gasteiger partial charge in [0.25, 0.3) is 5.91 Å². The molecule has 0 radical (unpaired) electrons. The van der Waals surface area contributed by atoms with Gasteiger partial charge in [0.1, 0.15) is 6.61 Å².